The third kappa shape index (κ3) is 7.58. The number of amides is 2. The smallest absolute Gasteiger partial charge is 0.303 e. The molecule has 2 aromatic heterocycles. The van der Waals surface area contributed by atoms with E-state index in [9.17, 15) is 23.1 Å². The van der Waals surface area contributed by atoms with Crippen LogP contribution >= 0.6 is 22.7 Å². The number of nitrogens with zero attached hydrogens (tertiary/aromatic N) is 3. The van der Waals surface area contributed by atoms with Crippen LogP contribution in [-0.4, -0.2) is 67.3 Å². The van der Waals surface area contributed by atoms with Crippen molar-refractivity contribution in [2.24, 2.45) is 0 Å². The second kappa shape index (κ2) is 12.6. The van der Waals surface area contributed by atoms with Crippen LogP contribution in [-0.2, 0) is 28.0 Å². The molecule has 37 heavy (non-hydrogen) atoms. The van der Waals surface area contributed by atoms with Gasteiger partial charge in [-0.2, -0.15) is 12.7 Å². The number of carbonyl (C=O) groups is 2. The number of benzene rings is 1. The average molecular weight is 567 g/mol. The molecule has 0 aliphatic carbocycles. The summed E-state index contributed by atoms with van der Waals surface area (Å²) in [7, 11) is 0.173. The minimum atomic E-state index is -3.98. The van der Waals surface area contributed by atoms with Gasteiger partial charge in [0.05, 0.1) is 13.7 Å². The van der Waals surface area contributed by atoms with Crippen LogP contribution in [0, 0.1) is 6.92 Å². The van der Waals surface area contributed by atoms with Crippen molar-refractivity contribution in [3.8, 4) is 5.75 Å². The summed E-state index contributed by atoms with van der Waals surface area (Å²) in [5.74, 6) is -0.732. The summed E-state index contributed by atoms with van der Waals surface area (Å²) in [6.45, 7) is 2.09. The molecule has 2 heterocycles. The van der Waals surface area contributed by atoms with Gasteiger partial charge in [0.25, 0.3) is 11.8 Å². The van der Waals surface area contributed by atoms with Gasteiger partial charge in [0.1, 0.15) is 16.5 Å². The fourth-order valence-electron chi connectivity index (χ4n) is 3.42. The Morgan fingerprint density at radius 1 is 1.19 bits per heavy atom. The molecule has 0 fully saturated rings. The minimum absolute atomic E-state index is 0.0212. The Bertz CT molecular complexity index is 1300. The molecule has 0 aliphatic heterocycles. The van der Waals surface area contributed by atoms with Gasteiger partial charge in [-0.3, -0.25) is 9.59 Å². The maximum atomic E-state index is 13.3. The summed E-state index contributed by atoms with van der Waals surface area (Å²) >= 11 is 2.83. The quantitative estimate of drug-likeness (QED) is 0.345. The van der Waals surface area contributed by atoms with Crippen molar-refractivity contribution in [3.63, 3.8) is 0 Å². The van der Waals surface area contributed by atoms with E-state index in [4.69, 9.17) is 4.74 Å². The number of thiophene rings is 1. The van der Waals surface area contributed by atoms with E-state index in [0.717, 1.165) is 10.7 Å². The van der Waals surface area contributed by atoms with Crippen LogP contribution in [0.25, 0.3) is 0 Å². The molecule has 13 heteroatoms. The summed E-state index contributed by atoms with van der Waals surface area (Å²) in [6.07, 6.45) is 0.0506. The lowest BCUT2D eigenvalue weighted by Gasteiger charge is -2.24. The Morgan fingerprint density at radius 2 is 1.89 bits per heavy atom. The van der Waals surface area contributed by atoms with Crippen LogP contribution in [0.3, 0.4) is 0 Å². The van der Waals surface area contributed by atoms with Crippen LogP contribution in [0.2, 0.25) is 0 Å². The first-order chi connectivity index (χ1) is 17.5. The van der Waals surface area contributed by atoms with Crippen molar-refractivity contribution in [3.05, 3.63) is 67.8 Å². The molecule has 0 saturated carbocycles. The highest BCUT2D eigenvalue weighted by atomic mass is 32.2. The van der Waals surface area contributed by atoms with Gasteiger partial charge in [0, 0.05) is 30.4 Å². The molecule has 1 atom stereocenters. The number of carbonyl (C=O) groups excluding carboxylic acids is 2. The molecule has 1 aromatic carbocycles. The SMILES string of the molecule is COc1ccc([C@@H](O)C(=O)N(CCCc2cccs2)Cc2nc(C(=O)NS(=O)(=O)N(C)C)c(C)s2)cc1. The van der Waals surface area contributed by atoms with Crippen LogP contribution in [0.4, 0.5) is 0 Å². The van der Waals surface area contributed by atoms with Crippen LogP contribution < -0.4 is 9.46 Å². The second-order valence-electron chi connectivity index (χ2n) is 8.35. The Morgan fingerprint density at radius 3 is 2.49 bits per heavy atom. The predicted octanol–water partition coefficient (Wildman–Crippen LogP) is 2.75. The molecule has 3 rings (SSSR count). The molecular formula is C24H30N4O6S3. The number of hydrogen-bond acceptors (Lipinski definition) is 9. The lowest BCUT2D eigenvalue weighted by Crippen LogP contribution is -2.39. The average Bonchev–Trinajstić information content (AvgIpc) is 3.51. The summed E-state index contributed by atoms with van der Waals surface area (Å²) in [5, 5.41) is 13.3. The third-order valence-electron chi connectivity index (χ3n) is 5.49. The summed E-state index contributed by atoms with van der Waals surface area (Å²) in [4.78, 5) is 33.4. The van der Waals surface area contributed by atoms with Gasteiger partial charge in [-0.15, -0.1) is 22.7 Å². The Hall–Kier alpha value is -2.84. The first-order valence-electron chi connectivity index (χ1n) is 11.4. The Balaban J connectivity index is 1.79. The molecule has 0 radical (unpaired) electrons. The lowest BCUT2D eigenvalue weighted by molar-refractivity contribution is -0.141. The number of aromatic nitrogens is 1. The van der Waals surface area contributed by atoms with E-state index in [1.165, 1.54) is 42.3 Å². The third-order valence-corrected chi connectivity index (χ3v) is 8.79. The van der Waals surface area contributed by atoms with Crippen molar-refractivity contribution in [1.29, 1.82) is 0 Å². The van der Waals surface area contributed by atoms with Gasteiger partial charge in [0.2, 0.25) is 0 Å². The van der Waals surface area contributed by atoms with Crippen molar-refractivity contribution in [1.82, 2.24) is 18.9 Å². The molecule has 3 aromatic rings. The zero-order valence-electron chi connectivity index (χ0n) is 21.0. The molecule has 10 nitrogen and oxygen atoms in total. The highest BCUT2D eigenvalue weighted by Crippen LogP contribution is 2.24. The molecule has 0 saturated heterocycles. The number of thiazole rings is 1. The van der Waals surface area contributed by atoms with Gasteiger partial charge in [-0.25, -0.2) is 9.71 Å². The number of ether oxygens (including phenoxy) is 1. The molecule has 0 unspecified atom stereocenters. The van der Waals surface area contributed by atoms with E-state index in [-0.39, 0.29) is 12.2 Å². The molecule has 0 bridgehead atoms. The van der Waals surface area contributed by atoms with Gasteiger partial charge >= 0.3 is 10.2 Å². The van der Waals surface area contributed by atoms with Crippen LogP contribution in [0.15, 0.2) is 41.8 Å². The number of nitrogens with one attached hydrogen (secondary N) is 1. The number of rotatable bonds is 12. The summed E-state index contributed by atoms with van der Waals surface area (Å²) in [6, 6.07) is 10.6. The second-order valence-corrected chi connectivity index (χ2v) is 12.6. The Kier molecular flexibility index (Phi) is 9.79. The molecule has 2 N–H and O–H groups in total. The van der Waals surface area contributed by atoms with E-state index in [1.54, 1.807) is 42.5 Å². The summed E-state index contributed by atoms with van der Waals surface area (Å²) in [5.41, 5.74) is 0.408. The van der Waals surface area contributed by atoms with E-state index in [1.807, 2.05) is 22.2 Å². The lowest BCUT2D eigenvalue weighted by atomic mass is 10.1. The van der Waals surface area contributed by atoms with Crippen molar-refractivity contribution < 1.29 is 27.9 Å². The number of aliphatic hydroxyl groups is 1. The predicted molar refractivity (Wildman–Crippen MR) is 143 cm³/mol. The topological polar surface area (TPSA) is 129 Å². The molecular weight excluding hydrogens is 536 g/mol. The largest absolute Gasteiger partial charge is 0.497 e. The van der Waals surface area contributed by atoms with Crippen LogP contribution in [0.5, 0.6) is 5.75 Å². The normalized spacial score (nSPS) is 12.4. The van der Waals surface area contributed by atoms with Gasteiger partial charge in [0.15, 0.2) is 6.10 Å². The molecule has 0 aliphatic rings. The first-order valence-corrected chi connectivity index (χ1v) is 14.5. The number of methoxy groups -OCH3 is 1. The fraction of sp³-hybridized carbons (Fsp3) is 0.375. The van der Waals surface area contributed by atoms with Crippen LogP contribution in [0.1, 0.15) is 43.3 Å². The first kappa shape index (κ1) is 28.7. The monoisotopic (exact) mass is 566 g/mol. The van der Waals surface area contributed by atoms with E-state index < -0.39 is 28.1 Å². The highest BCUT2D eigenvalue weighted by Gasteiger charge is 2.27. The van der Waals surface area contributed by atoms with Gasteiger partial charge in [-0.05, 0) is 48.9 Å². The summed E-state index contributed by atoms with van der Waals surface area (Å²) < 4.78 is 32.1. The van der Waals surface area contributed by atoms with E-state index in [0.29, 0.717) is 34.2 Å². The van der Waals surface area contributed by atoms with Crippen molar-refractivity contribution >= 4 is 44.7 Å². The number of aliphatic hydroxyl groups excluding tert-OH is 1. The van der Waals surface area contributed by atoms with Gasteiger partial charge < -0.3 is 14.7 Å². The molecule has 2 amide bonds. The fourth-order valence-corrected chi connectivity index (χ4v) is 5.63. The van der Waals surface area contributed by atoms with Crippen molar-refractivity contribution in [2.45, 2.75) is 32.4 Å². The van der Waals surface area contributed by atoms with E-state index >= 15 is 0 Å². The standard InChI is InChI=1S/C24H30N4O6S3/c1-16-21(23(30)26-37(32,33)27(2)3)25-20(36-16)15-28(13-5-7-19-8-6-14-35-19)24(31)22(29)17-9-11-18(34-4)12-10-17/h6,8-12,14,22,29H,5,7,13,15H2,1-4H3,(H,26,30)/t22-/m1/s1. The highest BCUT2D eigenvalue weighted by molar-refractivity contribution is 7.87. The Labute approximate surface area is 224 Å². The number of hydrogen-bond donors (Lipinski definition) is 2. The molecule has 0 spiro atoms. The van der Waals surface area contributed by atoms with Crippen molar-refractivity contribution in [2.75, 3.05) is 27.7 Å². The zero-order valence-corrected chi connectivity index (χ0v) is 23.5. The molecule has 200 valence electrons. The number of aryl methyl sites for hydroxylation is 2. The minimum Gasteiger partial charge on any atom is -0.497 e. The van der Waals surface area contributed by atoms with Gasteiger partial charge in [-0.1, -0.05) is 18.2 Å². The maximum Gasteiger partial charge on any atom is 0.303 e. The maximum absolute atomic E-state index is 13.3. The van der Waals surface area contributed by atoms with E-state index in [2.05, 4.69) is 4.98 Å². The zero-order chi connectivity index (χ0) is 27.2.